The number of carbonyl (C=O) groups is 1. The van der Waals surface area contributed by atoms with Gasteiger partial charge in [0.05, 0.1) is 6.54 Å². The zero-order chi connectivity index (χ0) is 18.9. The fourth-order valence-electron chi connectivity index (χ4n) is 2.28. The van der Waals surface area contributed by atoms with Crippen molar-refractivity contribution in [2.75, 3.05) is 13.6 Å². The molecule has 2 aromatic rings. The summed E-state index contributed by atoms with van der Waals surface area (Å²) < 4.78 is 26.9. The first-order chi connectivity index (χ1) is 12.5. The van der Waals surface area contributed by atoms with Crippen LogP contribution >= 0.6 is 24.0 Å². The molecule has 5 nitrogen and oxygen atoms in total. The summed E-state index contributed by atoms with van der Waals surface area (Å²) in [5.41, 5.74) is 1.73. The van der Waals surface area contributed by atoms with Crippen molar-refractivity contribution in [3.63, 3.8) is 0 Å². The Morgan fingerprint density at radius 1 is 1.07 bits per heavy atom. The van der Waals surface area contributed by atoms with Crippen molar-refractivity contribution in [1.82, 2.24) is 16.0 Å². The van der Waals surface area contributed by atoms with E-state index < -0.39 is 11.6 Å². The van der Waals surface area contributed by atoms with Gasteiger partial charge in [-0.25, -0.2) is 13.8 Å². The summed E-state index contributed by atoms with van der Waals surface area (Å²) >= 11 is 0. The highest BCUT2D eigenvalue weighted by Gasteiger charge is 2.06. The highest BCUT2D eigenvalue weighted by Crippen LogP contribution is 2.09. The second-order valence-corrected chi connectivity index (χ2v) is 5.56. The molecule has 0 unspecified atom stereocenters. The van der Waals surface area contributed by atoms with Gasteiger partial charge in [-0.1, -0.05) is 12.1 Å². The maximum atomic E-state index is 13.7. The number of halogens is 3. The molecule has 27 heavy (non-hydrogen) atoms. The maximum Gasteiger partial charge on any atom is 0.251 e. The van der Waals surface area contributed by atoms with Crippen LogP contribution in [0.25, 0.3) is 0 Å². The Labute approximate surface area is 174 Å². The number of hydrogen-bond donors (Lipinski definition) is 3. The first-order valence-corrected chi connectivity index (χ1v) is 8.30. The van der Waals surface area contributed by atoms with E-state index in [9.17, 15) is 13.6 Å². The van der Waals surface area contributed by atoms with E-state index in [2.05, 4.69) is 20.9 Å². The van der Waals surface area contributed by atoms with Crippen LogP contribution in [0.15, 0.2) is 47.5 Å². The van der Waals surface area contributed by atoms with E-state index in [1.807, 2.05) is 19.1 Å². The summed E-state index contributed by atoms with van der Waals surface area (Å²) in [4.78, 5) is 16.0. The summed E-state index contributed by atoms with van der Waals surface area (Å²) in [5, 5.41) is 8.60. The Morgan fingerprint density at radius 2 is 1.78 bits per heavy atom. The molecule has 0 heterocycles. The molecule has 0 saturated heterocycles. The van der Waals surface area contributed by atoms with Gasteiger partial charge in [0.2, 0.25) is 0 Å². The van der Waals surface area contributed by atoms with E-state index in [1.54, 1.807) is 19.2 Å². The largest absolute Gasteiger partial charge is 0.357 e. The van der Waals surface area contributed by atoms with E-state index in [0.29, 0.717) is 24.6 Å². The Kier molecular flexibility index (Phi) is 9.70. The summed E-state index contributed by atoms with van der Waals surface area (Å²) in [6, 6.07) is 10.4. The molecule has 2 aromatic carbocycles. The predicted molar refractivity (Wildman–Crippen MR) is 113 cm³/mol. The Balaban J connectivity index is 0.00000364. The van der Waals surface area contributed by atoms with Crippen molar-refractivity contribution >= 4 is 35.8 Å². The van der Waals surface area contributed by atoms with Crippen molar-refractivity contribution in [2.24, 2.45) is 4.99 Å². The number of hydrogen-bond acceptors (Lipinski definition) is 2. The number of guanidine groups is 1. The van der Waals surface area contributed by atoms with Gasteiger partial charge in [-0.2, -0.15) is 0 Å². The summed E-state index contributed by atoms with van der Waals surface area (Å²) in [6.45, 7) is 3.05. The average molecular weight is 488 g/mol. The molecule has 0 saturated carbocycles. The number of amides is 1. The lowest BCUT2D eigenvalue weighted by molar-refractivity contribution is 0.0963. The number of rotatable bonds is 6. The molecule has 0 fully saturated rings. The van der Waals surface area contributed by atoms with Gasteiger partial charge < -0.3 is 16.0 Å². The van der Waals surface area contributed by atoms with Crippen molar-refractivity contribution < 1.29 is 13.6 Å². The van der Waals surface area contributed by atoms with Crippen LogP contribution in [0.5, 0.6) is 0 Å². The van der Waals surface area contributed by atoms with Crippen LogP contribution in [-0.2, 0) is 13.1 Å². The number of nitrogens with one attached hydrogen (secondary N) is 3. The zero-order valence-corrected chi connectivity index (χ0v) is 17.5. The van der Waals surface area contributed by atoms with Gasteiger partial charge in [0.25, 0.3) is 5.91 Å². The minimum Gasteiger partial charge on any atom is -0.357 e. The second kappa shape index (κ2) is 11.5. The van der Waals surface area contributed by atoms with Crippen LogP contribution in [0.4, 0.5) is 8.78 Å². The molecule has 0 aliphatic rings. The van der Waals surface area contributed by atoms with Gasteiger partial charge in [-0.05, 0) is 42.8 Å². The van der Waals surface area contributed by atoms with Crippen LogP contribution in [0.3, 0.4) is 0 Å². The molecule has 0 aliphatic carbocycles. The topological polar surface area (TPSA) is 65.5 Å². The third kappa shape index (κ3) is 7.12. The Hall–Kier alpha value is -2.23. The zero-order valence-electron chi connectivity index (χ0n) is 15.2. The number of carbonyl (C=O) groups excluding carboxylic acids is 1. The van der Waals surface area contributed by atoms with Gasteiger partial charge in [-0.3, -0.25) is 4.79 Å². The normalized spacial score (nSPS) is 10.7. The first kappa shape index (κ1) is 22.8. The summed E-state index contributed by atoms with van der Waals surface area (Å²) in [7, 11) is 1.58. The molecule has 0 aliphatic heterocycles. The lowest BCUT2D eigenvalue weighted by Crippen LogP contribution is -2.37. The van der Waals surface area contributed by atoms with E-state index in [1.165, 1.54) is 0 Å². The van der Waals surface area contributed by atoms with E-state index in [-0.39, 0.29) is 42.0 Å². The molecule has 0 aromatic heterocycles. The molecule has 0 radical (unpaired) electrons. The molecule has 3 N–H and O–H groups in total. The van der Waals surface area contributed by atoms with Crippen molar-refractivity contribution in [1.29, 1.82) is 0 Å². The van der Waals surface area contributed by atoms with Crippen molar-refractivity contribution in [3.05, 3.63) is 70.8 Å². The molecule has 0 spiro atoms. The number of aliphatic imine (C=N–C) groups is 1. The van der Waals surface area contributed by atoms with E-state index in [0.717, 1.165) is 23.8 Å². The minimum atomic E-state index is -0.485. The average Bonchev–Trinajstić information content (AvgIpc) is 2.66. The third-order valence-electron chi connectivity index (χ3n) is 3.66. The molecular formula is C19H23F2IN4O. The number of benzene rings is 2. The highest BCUT2D eigenvalue weighted by molar-refractivity contribution is 14.0. The van der Waals surface area contributed by atoms with Crippen molar-refractivity contribution in [2.45, 2.75) is 20.0 Å². The van der Waals surface area contributed by atoms with Crippen LogP contribution in [0, 0.1) is 11.6 Å². The minimum absolute atomic E-state index is 0. The SMILES string of the molecule is CCNC(=NCc1ccc(C(=O)NC)cc1)NCc1cc(F)ccc1F.I. The molecule has 2 rings (SSSR count). The molecule has 0 bridgehead atoms. The first-order valence-electron chi connectivity index (χ1n) is 8.30. The van der Waals surface area contributed by atoms with Gasteiger partial charge in [0.1, 0.15) is 11.6 Å². The van der Waals surface area contributed by atoms with Crippen LogP contribution in [0.2, 0.25) is 0 Å². The molecule has 146 valence electrons. The fourth-order valence-corrected chi connectivity index (χ4v) is 2.28. The standard InChI is InChI=1S/C19H22F2N4O.HI/c1-3-23-19(25-12-15-10-16(20)8-9-17(15)21)24-11-13-4-6-14(7-5-13)18(26)22-2;/h4-10H,3,11-12H2,1-2H3,(H,22,26)(H2,23,24,25);1H. The Bertz CT molecular complexity index is 782. The molecular weight excluding hydrogens is 465 g/mol. The van der Waals surface area contributed by atoms with Gasteiger partial charge in [0.15, 0.2) is 5.96 Å². The van der Waals surface area contributed by atoms with Crippen LogP contribution in [-0.4, -0.2) is 25.5 Å². The summed E-state index contributed by atoms with van der Waals surface area (Å²) in [5.74, 6) is -0.611. The van der Waals surface area contributed by atoms with E-state index in [4.69, 9.17) is 0 Å². The van der Waals surface area contributed by atoms with Crippen molar-refractivity contribution in [3.8, 4) is 0 Å². The molecule has 0 atom stereocenters. The van der Waals surface area contributed by atoms with E-state index >= 15 is 0 Å². The summed E-state index contributed by atoms with van der Waals surface area (Å²) in [6.07, 6.45) is 0. The van der Waals surface area contributed by atoms with Gasteiger partial charge >= 0.3 is 0 Å². The quantitative estimate of drug-likeness (QED) is 0.333. The van der Waals surface area contributed by atoms with Gasteiger partial charge in [0, 0.05) is 31.3 Å². The third-order valence-corrected chi connectivity index (χ3v) is 3.66. The Morgan fingerprint density at radius 3 is 2.41 bits per heavy atom. The molecule has 8 heteroatoms. The highest BCUT2D eigenvalue weighted by atomic mass is 127. The van der Waals surface area contributed by atoms with Gasteiger partial charge in [-0.15, -0.1) is 24.0 Å². The van der Waals surface area contributed by atoms with Crippen LogP contribution < -0.4 is 16.0 Å². The molecule has 1 amide bonds. The lowest BCUT2D eigenvalue weighted by atomic mass is 10.1. The lowest BCUT2D eigenvalue weighted by Gasteiger charge is -2.12. The predicted octanol–water partition coefficient (Wildman–Crippen LogP) is 3.20. The fraction of sp³-hybridized carbons (Fsp3) is 0.263. The smallest absolute Gasteiger partial charge is 0.251 e. The number of nitrogens with zero attached hydrogens (tertiary/aromatic N) is 1. The second-order valence-electron chi connectivity index (χ2n) is 5.56. The van der Waals surface area contributed by atoms with Crippen LogP contribution in [0.1, 0.15) is 28.4 Å². The maximum absolute atomic E-state index is 13.7. The monoisotopic (exact) mass is 488 g/mol.